The third kappa shape index (κ3) is 6.55. The number of rotatable bonds is 9. The second-order valence-corrected chi connectivity index (χ2v) is 6.86. The first-order valence-corrected chi connectivity index (χ1v) is 10.4. The minimum Gasteiger partial charge on any atom is -0.371 e. The van der Waals surface area contributed by atoms with Crippen molar-refractivity contribution in [3.05, 3.63) is 41.0 Å². The van der Waals surface area contributed by atoms with E-state index < -0.39 is 0 Å². The highest BCUT2D eigenvalue weighted by atomic mass is 32.2. The lowest BCUT2D eigenvalue weighted by Crippen LogP contribution is -2.36. The monoisotopic (exact) mass is 391 g/mol. The van der Waals surface area contributed by atoms with Crippen molar-refractivity contribution in [3.63, 3.8) is 0 Å². The van der Waals surface area contributed by atoms with E-state index in [1.165, 1.54) is 16.0 Å². The Morgan fingerprint density at radius 1 is 1.33 bits per heavy atom. The molecule has 0 aliphatic carbocycles. The molecule has 27 heavy (non-hydrogen) atoms. The number of hydrogen-bond acceptors (Lipinski definition) is 6. The second-order valence-electron chi connectivity index (χ2n) is 6.01. The van der Waals surface area contributed by atoms with Gasteiger partial charge in [0.1, 0.15) is 6.10 Å². The van der Waals surface area contributed by atoms with E-state index in [-0.39, 0.29) is 6.10 Å². The molecule has 2 aromatic rings. The SMILES string of the molecule is CCNC(=NCc1ccc(C)cc1SC)NCc1nc(C(C)OCC)no1. The van der Waals surface area contributed by atoms with E-state index in [0.717, 1.165) is 6.54 Å². The molecule has 1 heterocycles. The molecule has 0 aliphatic heterocycles. The smallest absolute Gasteiger partial charge is 0.246 e. The van der Waals surface area contributed by atoms with Crippen LogP contribution in [-0.2, 0) is 17.8 Å². The van der Waals surface area contributed by atoms with Gasteiger partial charge in [-0.05, 0) is 51.1 Å². The molecule has 1 unspecified atom stereocenters. The first-order valence-electron chi connectivity index (χ1n) is 9.17. The van der Waals surface area contributed by atoms with Gasteiger partial charge in [0.25, 0.3) is 0 Å². The zero-order valence-corrected chi connectivity index (χ0v) is 17.5. The molecule has 0 spiro atoms. The van der Waals surface area contributed by atoms with Gasteiger partial charge < -0.3 is 19.9 Å². The largest absolute Gasteiger partial charge is 0.371 e. The quantitative estimate of drug-likeness (QED) is 0.385. The summed E-state index contributed by atoms with van der Waals surface area (Å²) in [5.41, 5.74) is 2.46. The third-order valence-corrected chi connectivity index (χ3v) is 4.69. The number of hydrogen-bond donors (Lipinski definition) is 2. The first-order chi connectivity index (χ1) is 13.1. The van der Waals surface area contributed by atoms with Crippen LogP contribution in [-0.4, -0.2) is 35.5 Å². The topological polar surface area (TPSA) is 84.6 Å². The van der Waals surface area contributed by atoms with Gasteiger partial charge in [-0.25, -0.2) is 4.99 Å². The molecule has 0 fully saturated rings. The van der Waals surface area contributed by atoms with Crippen LogP contribution in [0.3, 0.4) is 0 Å². The maximum Gasteiger partial charge on any atom is 0.246 e. The Morgan fingerprint density at radius 3 is 2.85 bits per heavy atom. The van der Waals surface area contributed by atoms with Gasteiger partial charge in [-0.15, -0.1) is 11.8 Å². The number of aryl methyl sites for hydroxylation is 1. The number of thioether (sulfide) groups is 1. The van der Waals surface area contributed by atoms with Crippen molar-refractivity contribution in [2.24, 2.45) is 4.99 Å². The van der Waals surface area contributed by atoms with Gasteiger partial charge in [0.2, 0.25) is 5.89 Å². The van der Waals surface area contributed by atoms with Crippen LogP contribution in [0.1, 0.15) is 49.7 Å². The number of benzene rings is 1. The van der Waals surface area contributed by atoms with Crippen molar-refractivity contribution in [3.8, 4) is 0 Å². The van der Waals surface area contributed by atoms with Crippen molar-refractivity contribution >= 4 is 17.7 Å². The summed E-state index contributed by atoms with van der Waals surface area (Å²) in [4.78, 5) is 10.3. The van der Waals surface area contributed by atoms with Crippen LogP contribution in [0.25, 0.3) is 0 Å². The summed E-state index contributed by atoms with van der Waals surface area (Å²) in [6.07, 6.45) is 1.91. The van der Waals surface area contributed by atoms with Crippen LogP contribution in [0.15, 0.2) is 32.6 Å². The predicted molar refractivity (Wildman–Crippen MR) is 109 cm³/mol. The number of aliphatic imine (C=N–C) groups is 1. The average Bonchev–Trinajstić information content (AvgIpc) is 3.14. The first kappa shape index (κ1) is 21.2. The summed E-state index contributed by atoms with van der Waals surface area (Å²) in [5.74, 6) is 1.77. The normalized spacial score (nSPS) is 12.9. The highest BCUT2D eigenvalue weighted by Crippen LogP contribution is 2.22. The Bertz CT molecular complexity index is 747. The number of ether oxygens (including phenoxy) is 1. The van der Waals surface area contributed by atoms with Crippen molar-refractivity contribution < 1.29 is 9.26 Å². The standard InChI is InChI=1S/C19H29N5O2S/c1-6-20-19(21-11-15-9-8-13(3)10-16(15)27-5)22-12-17-23-18(24-26-17)14(4)25-7-2/h8-10,14H,6-7,11-12H2,1-5H3,(H2,20,21,22). The van der Waals surface area contributed by atoms with E-state index in [1.54, 1.807) is 11.8 Å². The lowest BCUT2D eigenvalue weighted by molar-refractivity contribution is 0.0683. The molecule has 7 nitrogen and oxygen atoms in total. The molecule has 0 saturated carbocycles. The Labute approximate surface area is 165 Å². The summed E-state index contributed by atoms with van der Waals surface area (Å²) in [6.45, 7) is 10.4. The Kier molecular flexibility index (Phi) is 8.60. The summed E-state index contributed by atoms with van der Waals surface area (Å²) in [7, 11) is 0. The minimum atomic E-state index is -0.180. The van der Waals surface area contributed by atoms with Crippen molar-refractivity contribution in [2.75, 3.05) is 19.4 Å². The molecule has 0 bridgehead atoms. The molecule has 0 amide bonds. The fourth-order valence-corrected chi connectivity index (χ4v) is 3.18. The highest BCUT2D eigenvalue weighted by molar-refractivity contribution is 7.98. The van der Waals surface area contributed by atoms with Gasteiger partial charge in [0, 0.05) is 18.0 Å². The van der Waals surface area contributed by atoms with Gasteiger partial charge >= 0.3 is 0 Å². The maximum absolute atomic E-state index is 5.48. The maximum atomic E-state index is 5.48. The van der Waals surface area contributed by atoms with E-state index in [4.69, 9.17) is 9.26 Å². The van der Waals surface area contributed by atoms with E-state index in [0.29, 0.717) is 37.4 Å². The highest BCUT2D eigenvalue weighted by Gasteiger charge is 2.14. The van der Waals surface area contributed by atoms with Gasteiger partial charge in [-0.3, -0.25) is 0 Å². The minimum absolute atomic E-state index is 0.180. The van der Waals surface area contributed by atoms with Gasteiger partial charge in [0.15, 0.2) is 11.8 Å². The Morgan fingerprint density at radius 2 is 2.15 bits per heavy atom. The summed E-state index contributed by atoms with van der Waals surface area (Å²) < 4.78 is 10.8. The zero-order chi connectivity index (χ0) is 19.6. The van der Waals surface area contributed by atoms with Crippen LogP contribution >= 0.6 is 11.8 Å². The van der Waals surface area contributed by atoms with Gasteiger partial charge in [0.05, 0.1) is 13.1 Å². The fourth-order valence-electron chi connectivity index (χ4n) is 2.48. The van der Waals surface area contributed by atoms with E-state index in [1.807, 2.05) is 20.8 Å². The summed E-state index contributed by atoms with van der Waals surface area (Å²) >= 11 is 1.74. The van der Waals surface area contributed by atoms with Crippen LogP contribution in [0.5, 0.6) is 0 Å². The molecule has 148 valence electrons. The summed E-state index contributed by atoms with van der Waals surface area (Å²) in [5, 5.41) is 10.4. The molecular weight excluding hydrogens is 362 g/mol. The third-order valence-electron chi connectivity index (χ3n) is 3.87. The van der Waals surface area contributed by atoms with E-state index >= 15 is 0 Å². The molecule has 8 heteroatoms. The van der Waals surface area contributed by atoms with Crippen molar-refractivity contribution in [2.45, 2.75) is 51.8 Å². The molecule has 0 radical (unpaired) electrons. The Balaban J connectivity index is 2.00. The van der Waals surface area contributed by atoms with Gasteiger partial charge in [-0.1, -0.05) is 17.3 Å². The Hall–Kier alpha value is -2.06. The predicted octanol–water partition coefficient (Wildman–Crippen LogP) is 3.45. The van der Waals surface area contributed by atoms with Crippen LogP contribution in [0.4, 0.5) is 0 Å². The molecule has 0 saturated heterocycles. The van der Waals surface area contributed by atoms with Crippen LogP contribution < -0.4 is 10.6 Å². The lowest BCUT2D eigenvalue weighted by Gasteiger charge is -2.11. The summed E-state index contributed by atoms with van der Waals surface area (Å²) in [6, 6.07) is 6.44. The number of aromatic nitrogens is 2. The number of guanidine groups is 1. The molecule has 1 aromatic carbocycles. The fraction of sp³-hybridized carbons (Fsp3) is 0.526. The van der Waals surface area contributed by atoms with Crippen LogP contribution in [0.2, 0.25) is 0 Å². The zero-order valence-electron chi connectivity index (χ0n) is 16.7. The lowest BCUT2D eigenvalue weighted by atomic mass is 10.1. The number of nitrogens with one attached hydrogen (secondary N) is 2. The van der Waals surface area contributed by atoms with Crippen molar-refractivity contribution in [1.82, 2.24) is 20.8 Å². The van der Waals surface area contributed by atoms with Crippen molar-refractivity contribution in [1.29, 1.82) is 0 Å². The van der Waals surface area contributed by atoms with Gasteiger partial charge in [-0.2, -0.15) is 4.98 Å². The van der Waals surface area contributed by atoms with Crippen LogP contribution in [0, 0.1) is 6.92 Å². The molecule has 2 rings (SSSR count). The second kappa shape index (κ2) is 10.9. The molecule has 1 atom stereocenters. The number of nitrogens with zero attached hydrogens (tertiary/aromatic N) is 3. The molecular formula is C19H29N5O2S. The molecule has 1 aromatic heterocycles. The average molecular weight is 392 g/mol. The van der Waals surface area contributed by atoms with E-state index in [2.05, 4.69) is 57.1 Å². The molecule has 2 N–H and O–H groups in total. The van der Waals surface area contributed by atoms with E-state index in [9.17, 15) is 0 Å². The molecule has 0 aliphatic rings.